The fraction of sp³-hybridized carbons (Fsp3) is 0.238. The smallest absolute Gasteiger partial charge is 0.257 e. The normalized spacial score (nSPS) is 10.6. The van der Waals surface area contributed by atoms with Crippen molar-refractivity contribution in [3.05, 3.63) is 77.6 Å². The van der Waals surface area contributed by atoms with E-state index in [9.17, 15) is 4.79 Å². The van der Waals surface area contributed by atoms with E-state index in [-0.39, 0.29) is 5.91 Å². The van der Waals surface area contributed by atoms with Gasteiger partial charge in [0.1, 0.15) is 5.75 Å². The van der Waals surface area contributed by atoms with E-state index in [1.165, 1.54) is 0 Å². The molecule has 0 atom stereocenters. The number of aromatic nitrogens is 2. The molecule has 0 aliphatic rings. The third-order valence-corrected chi connectivity index (χ3v) is 4.44. The summed E-state index contributed by atoms with van der Waals surface area (Å²) in [5, 5.41) is 4.41. The summed E-state index contributed by atoms with van der Waals surface area (Å²) in [5.74, 6) is 0.797. The molecule has 1 heterocycles. The first-order chi connectivity index (χ1) is 12.6. The highest BCUT2D eigenvalue weighted by molar-refractivity contribution is 5.95. The highest BCUT2D eigenvalue weighted by Crippen LogP contribution is 2.18. The second kappa shape index (κ2) is 7.87. The van der Waals surface area contributed by atoms with E-state index in [1.807, 2.05) is 73.3 Å². The van der Waals surface area contributed by atoms with Crippen LogP contribution in [-0.4, -0.2) is 34.2 Å². The molecule has 0 saturated heterocycles. The third kappa shape index (κ3) is 3.61. The zero-order valence-electron chi connectivity index (χ0n) is 15.3. The number of para-hydroxylation sites is 1. The molecule has 134 valence electrons. The van der Waals surface area contributed by atoms with Gasteiger partial charge in [0.15, 0.2) is 0 Å². The zero-order chi connectivity index (χ0) is 18.5. The van der Waals surface area contributed by atoms with Crippen molar-refractivity contribution in [2.24, 2.45) is 0 Å². The van der Waals surface area contributed by atoms with Crippen molar-refractivity contribution in [3.63, 3.8) is 0 Å². The number of amides is 1. The number of hydrogen-bond acceptors (Lipinski definition) is 3. The van der Waals surface area contributed by atoms with E-state index in [4.69, 9.17) is 4.74 Å². The van der Waals surface area contributed by atoms with Crippen molar-refractivity contribution in [2.75, 3.05) is 13.7 Å². The van der Waals surface area contributed by atoms with Crippen molar-refractivity contribution in [1.82, 2.24) is 14.7 Å². The van der Waals surface area contributed by atoms with Crippen LogP contribution in [0.4, 0.5) is 0 Å². The summed E-state index contributed by atoms with van der Waals surface area (Å²) < 4.78 is 6.99. The van der Waals surface area contributed by atoms with Crippen LogP contribution >= 0.6 is 0 Å². The first-order valence-corrected chi connectivity index (χ1v) is 8.66. The van der Waals surface area contributed by atoms with Gasteiger partial charge in [-0.1, -0.05) is 30.3 Å². The Morgan fingerprint density at radius 2 is 1.81 bits per heavy atom. The molecule has 0 N–H and O–H groups in total. The largest absolute Gasteiger partial charge is 0.497 e. The van der Waals surface area contributed by atoms with E-state index in [0.29, 0.717) is 18.7 Å². The molecule has 3 aromatic rings. The summed E-state index contributed by atoms with van der Waals surface area (Å²) >= 11 is 0. The topological polar surface area (TPSA) is 47.4 Å². The van der Waals surface area contributed by atoms with Crippen molar-refractivity contribution in [1.29, 1.82) is 0 Å². The standard InChI is InChI=1S/C21H23N3O2/c1-4-23(15-17-10-12-19(26-3)13-11-17)21(25)20-14-22-24(16(20)2)18-8-6-5-7-9-18/h5-14H,4,15H2,1-3H3. The molecule has 3 rings (SSSR count). The van der Waals surface area contributed by atoms with E-state index in [0.717, 1.165) is 22.7 Å². The van der Waals surface area contributed by atoms with E-state index in [1.54, 1.807) is 18.0 Å². The number of ether oxygens (including phenoxy) is 1. The Kier molecular flexibility index (Phi) is 5.37. The lowest BCUT2D eigenvalue weighted by molar-refractivity contribution is 0.0752. The molecular formula is C21H23N3O2. The molecule has 0 aliphatic heterocycles. The molecule has 0 fully saturated rings. The summed E-state index contributed by atoms with van der Waals surface area (Å²) in [7, 11) is 1.64. The predicted molar refractivity (Wildman–Crippen MR) is 102 cm³/mol. The molecule has 0 aliphatic carbocycles. The summed E-state index contributed by atoms with van der Waals surface area (Å²) in [4.78, 5) is 14.8. The Morgan fingerprint density at radius 3 is 2.42 bits per heavy atom. The molecular weight excluding hydrogens is 326 g/mol. The highest BCUT2D eigenvalue weighted by atomic mass is 16.5. The maximum absolute atomic E-state index is 13.0. The Hall–Kier alpha value is -3.08. The predicted octanol–water partition coefficient (Wildman–Crippen LogP) is 3.85. The Morgan fingerprint density at radius 1 is 1.12 bits per heavy atom. The van der Waals surface area contributed by atoms with Gasteiger partial charge >= 0.3 is 0 Å². The van der Waals surface area contributed by atoms with Crippen molar-refractivity contribution >= 4 is 5.91 Å². The van der Waals surface area contributed by atoms with Gasteiger partial charge < -0.3 is 9.64 Å². The van der Waals surface area contributed by atoms with Crippen LogP contribution in [0.5, 0.6) is 5.75 Å². The Labute approximate surface area is 153 Å². The van der Waals surface area contributed by atoms with Gasteiger partial charge in [0.25, 0.3) is 5.91 Å². The summed E-state index contributed by atoms with van der Waals surface area (Å²) in [6.07, 6.45) is 1.65. The van der Waals surface area contributed by atoms with Crippen LogP contribution < -0.4 is 4.74 Å². The fourth-order valence-corrected chi connectivity index (χ4v) is 2.90. The van der Waals surface area contributed by atoms with Crippen LogP contribution in [0.15, 0.2) is 60.8 Å². The minimum atomic E-state index is -0.0111. The van der Waals surface area contributed by atoms with Gasteiger partial charge in [0.05, 0.1) is 30.3 Å². The van der Waals surface area contributed by atoms with Crippen LogP contribution in [0, 0.1) is 6.92 Å². The number of carbonyl (C=O) groups is 1. The number of hydrogen-bond donors (Lipinski definition) is 0. The molecule has 0 saturated carbocycles. The minimum absolute atomic E-state index is 0.0111. The van der Waals surface area contributed by atoms with Crippen molar-refractivity contribution in [2.45, 2.75) is 20.4 Å². The fourth-order valence-electron chi connectivity index (χ4n) is 2.90. The first-order valence-electron chi connectivity index (χ1n) is 8.66. The Balaban J connectivity index is 1.81. The second-order valence-electron chi connectivity index (χ2n) is 6.06. The third-order valence-electron chi connectivity index (χ3n) is 4.44. The van der Waals surface area contributed by atoms with Gasteiger partial charge in [-0.2, -0.15) is 5.10 Å². The van der Waals surface area contributed by atoms with Crippen molar-refractivity contribution < 1.29 is 9.53 Å². The molecule has 2 aromatic carbocycles. The molecule has 5 nitrogen and oxygen atoms in total. The average molecular weight is 349 g/mol. The lowest BCUT2D eigenvalue weighted by Gasteiger charge is -2.21. The van der Waals surface area contributed by atoms with E-state index >= 15 is 0 Å². The van der Waals surface area contributed by atoms with Crippen LogP contribution in [-0.2, 0) is 6.54 Å². The lowest BCUT2D eigenvalue weighted by atomic mass is 10.1. The zero-order valence-corrected chi connectivity index (χ0v) is 15.3. The molecule has 5 heteroatoms. The highest BCUT2D eigenvalue weighted by Gasteiger charge is 2.20. The van der Waals surface area contributed by atoms with Gasteiger partial charge in [-0.3, -0.25) is 4.79 Å². The monoisotopic (exact) mass is 349 g/mol. The lowest BCUT2D eigenvalue weighted by Crippen LogP contribution is -2.30. The summed E-state index contributed by atoms with van der Waals surface area (Å²) in [5.41, 5.74) is 3.48. The average Bonchev–Trinajstić information content (AvgIpc) is 3.08. The molecule has 1 amide bonds. The molecule has 0 radical (unpaired) electrons. The van der Waals surface area contributed by atoms with Gasteiger partial charge in [-0.05, 0) is 43.7 Å². The summed E-state index contributed by atoms with van der Waals surface area (Å²) in [6, 6.07) is 17.6. The number of benzene rings is 2. The first kappa shape index (κ1) is 17.7. The van der Waals surface area contributed by atoms with Gasteiger partial charge in [-0.15, -0.1) is 0 Å². The molecule has 26 heavy (non-hydrogen) atoms. The number of nitrogens with zero attached hydrogens (tertiary/aromatic N) is 3. The molecule has 0 spiro atoms. The molecule has 0 unspecified atom stereocenters. The summed E-state index contributed by atoms with van der Waals surface area (Å²) in [6.45, 7) is 5.09. The molecule has 0 bridgehead atoms. The number of methoxy groups -OCH3 is 1. The van der Waals surface area contributed by atoms with Gasteiger partial charge in [0.2, 0.25) is 0 Å². The van der Waals surface area contributed by atoms with Crippen LogP contribution in [0.25, 0.3) is 5.69 Å². The second-order valence-corrected chi connectivity index (χ2v) is 6.06. The van der Waals surface area contributed by atoms with Gasteiger partial charge in [0, 0.05) is 13.1 Å². The number of rotatable bonds is 6. The van der Waals surface area contributed by atoms with Gasteiger partial charge in [-0.25, -0.2) is 4.68 Å². The Bertz CT molecular complexity index is 870. The SMILES string of the molecule is CCN(Cc1ccc(OC)cc1)C(=O)c1cnn(-c2ccccc2)c1C. The maximum Gasteiger partial charge on any atom is 0.257 e. The van der Waals surface area contributed by atoms with Crippen LogP contribution in [0.2, 0.25) is 0 Å². The quantitative estimate of drug-likeness (QED) is 0.679. The minimum Gasteiger partial charge on any atom is -0.497 e. The number of carbonyl (C=O) groups excluding carboxylic acids is 1. The molecule has 1 aromatic heterocycles. The van der Waals surface area contributed by atoms with Crippen LogP contribution in [0.1, 0.15) is 28.5 Å². The maximum atomic E-state index is 13.0. The van der Waals surface area contributed by atoms with E-state index < -0.39 is 0 Å². The van der Waals surface area contributed by atoms with Crippen LogP contribution in [0.3, 0.4) is 0 Å². The van der Waals surface area contributed by atoms with E-state index in [2.05, 4.69) is 5.10 Å². The van der Waals surface area contributed by atoms with Crippen molar-refractivity contribution in [3.8, 4) is 11.4 Å².